The largest absolute Gasteiger partial charge is 0.384 e. The van der Waals surface area contributed by atoms with Gasteiger partial charge in [-0.25, -0.2) is 4.98 Å². The smallest absolute Gasteiger partial charge is 0.245 e. The van der Waals surface area contributed by atoms with Crippen LogP contribution in [0.3, 0.4) is 0 Å². The van der Waals surface area contributed by atoms with E-state index < -0.39 is 17.1 Å². The van der Waals surface area contributed by atoms with E-state index in [2.05, 4.69) is 20.6 Å². The second-order valence-electron chi connectivity index (χ2n) is 10.5. The van der Waals surface area contributed by atoms with Crippen LogP contribution < -0.4 is 10.6 Å². The molecule has 1 aliphatic rings. The molecule has 0 bridgehead atoms. The molecule has 1 saturated heterocycles. The van der Waals surface area contributed by atoms with Crippen LogP contribution in [-0.4, -0.2) is 57.5 Å². The third kappa shape index (κ3) is 5.20. The molecule has 0 saturated carbocycles. The number of piperidine rings is 1. The maximum Gasteiger partial charge on any atom is 0.245 e. The zero-order valence-electron chi connectivity index (χ0n) is 21.1. The molecule has 36 heavy (non-hydrogen) atoms. The first kappa shape index (κ1) is 26.0. The van der Waals surface area contributed by atoms with Crippen molar-refractivity contribution in [3.8, 4) is 0 Å². The van der Waals surface area contributed by atoms with Crippen molar-refractivity contribution in [2.45, 2.75) is 45.8 Å². The van der Waals surface area contributed by atoms with Gasteiger partial charge in [0, 0.05) is 23.5 Å². The maximum absolute atomic E-state index is 13.5. The molecule has 0 spiro atoms. The fraction of sp³-hybridized carbons (Fsp3) is 0.444. The summed E-state index contributed by atoms with van der Waals surface area (Å²) < 4.78 is 0. The number of aromatic amines is 1. The monoisotopic (exact) mass is 511 g/mol. The number of nitrogens with one attached hydrogen (secondary N) is 3. The first-order valence-corrected chi connectivity index (χ1v) is 12.6. The zero-order chi connectivity index (χ0) is 26.1. The van der Waals surface area contributed by atoms with E-state index in [0.717, 1.165) is 16.6 Å². The molecule has 2 amide bonds. The number of para-hydroxylation sites is 2. The molecular weight excluding hydrogens is 478 g/mol. The van der Waals surface area contributed by atoms with Gasteiger partial charge in [0.15, 0.2) is 0 Å². The van der Waals surface area contributed by atoms with E-state index in [0.29, 0.717) is 30.5 Å². The molecule has 2 aromatic carbocycles. The number of likely N-dealkylation sites (tertiary alicyclic amines) is 1. The standard InChI is InChI=1S/C27H34ClN5O3/c1-17(2)23(32-22(34)15-29-25-30-20-7-5-6-8-21(20)31-25)24(35)33-14-13-27(36,26(3,4)16-33)18-9-11-19(28)12-10-18/h5-12,17,23,36H,13-16H2,1-4H3,(H,32,34)(H2,29,30,31). The maximum atomic E-state index is 13.5. The summed E-state index contributed by atoms with van der Waals surface area (Å²) in [7, 11) is 0. The van der Waals surface area contributed by atoms with Crippen molar-refractivity contribution < 1.29 is 14.7 Å². The van der Waals surface area contributed by atoms with E-state index >= 15 is 0 Å². The molecule has 1 fully saturated rings. The highest BCUT2D eigenvalue weighted by Gasteiger charge is 2.50. The first-order chi connectivity index (χ1) is 17.0. The van der Waals surface area contributed by atoms with Crippen LogP contribution >= 0.6 is 11.6 Å². The van der Waals surface area contributed by atoms with Crippen LogP contribution in [0.4, 0.5) is 5.95 Å². The van der Waals surface area contributed by atoms with Crippen molar-refractivity contribution in [2.24, 2.45) is 11.3 Å². The van der Waals surface area contributed by atoms with Crippen LogP contribution in [0.5, 0.6) is 0 Å². The Morgan fingerprint density at radius 1 is 1.17 bits per heavy atom. The number of hydrogen-bond donors (Lipinski definition) is 4. The average Bonchev–Trinajstić information content (AvgIpc) is 3.26. The highest BCUT2D eigenvalue weighted by Crippen LogP contribution is 2.46. The van der Waals surface area contributed by atoms with Gasteiger partial charge in [-0.2, -0.15) is 0 Å². The van der Waals surface area contributed by atoms with Crippen molar-refractivity contribution >= 4 is 40.4 Å². The zero-order valence-corrected chi connectivity index (χ0v) is 21.9. The summed E-state index contributed by atoms with van der Waals surface area (Å²) in [6.45, 7) is 8.48. The Hall–Kier alpha value is -3.10. The highest BCUT2D eigenvalue weighted by molar-refractivity contribution is 6.30. The molecule has 0 aliphatic carbocycles. The second kappa shape index (κ2) is 10.1. The molecule has 2 atom stereocenters. The Bertz CT molecular complexity index is 1210. The lowest BCUT2D eigenvalue weighted by molar-refractivity contribution is -0.156. The SMILES string of the molecule is CC(C)C(NC(=O)CNc1nc2ccccc2[nH]1)C(=O)N1CCC(O)(c2ccc(Cl)cc2)C(C)(C)C1. The van der Waals surface area contributed by atoms with Gasteiger partial charge in [-0.05, 0) is 42.2 Å². The van der Waals surface area contributed by atoms with E-state index in [4.69, 9.17) is 11.6 Å². The Morgan fingerprint density at radius 3 is 2.50 bits per heavy atom. The molecule has 4 N–H and O–H groups in total. The second-order valence-corrected chi connectivity index (χ2v) is 10.9. The van der Waals surface area contributed by atoms with Gasteiger partial charge in [-0.15, -0.1) is 0 Å². The van der Waals surface area contributed by atoms with Gasteiger partial charge in [0.25, 0.3) is 0 Å². The predicted octanol–water partition coefficient (Wildman–Crippen LogP) is 3.92. The number of imidazole rings is 1. The van der Waals surface area contributed by atoms with Gasteiger partial charge < -0.3 is 25.6 Å². The number of benzene rings is 2. The average molecular weight is 512 g/mol. The van der Waals surface area contributed by atoms with Crippen LogP contribution in [0.25, 0.3) is 11.0 Å². The summed E-state index contributed by atoms with van der Waals surface area (Å²) in [5.41, 5.74) is 0.767. The van der Waals surface area contributed by atoms with Gasteiger partial charge in [0.1, 0.15) is 6.04 Å². The Labute approximate surface area is 216 Å². The molecule has 1 aromatic heterocycles. The quantitative estimate of drug-likeness (QED) is 0.384. The van der Waals surface area contributed by atoms with Gasteiger partial charge in [0.05, 0.1) is 23.2 Å². The number of halogens is 1. The lowest BCUT2D eigenvalue weighted by atomic mass is 9.66. The van der Waals surface area contributed by atoms with Crippen molar-refractivity contribution in [2.75, 3.05) is 25.0 Å². The normalized spacial score (nSPS) is 20.4. The molecule has 1 aliphatic heterocycles. The molecule has 8 nitrogen and oxygen atoms in total. The van der Waals surface area contributed by atoms with Crippen LogP contribution in [0.2, 0.25) is 5.02 Å². The molecule has 2 heterocycles. The lowest BCUT2D eigenvalue weighted by Gasteiger charge is -2.51. The van der Waals surface area contributed by atoms with Gasteiger partial charge >= 0.3 is 0 Å². The van der Waals surface area contributed by atoms with E-state index in [9.17, 15) is 14.7 Å². The number of carbonyl (C=O) groups excluding carboxylic acids is 2. The summed E-state index contributed by atoms with van der Waals surface area (Å²) in [4.78, 5) is 35.6. The number of fused-ring (bicyclic) bond motifs is 1. The lowest BCUT2D eigenvalue weighted by Crippen LogP contribution is -2.60. The topological polar surface area (TPSA) is 110 Å². The Balaban J connectivity index is 1.40. The molecule has 0 radical (unpaired) electrons. The first-order valence-electron chi connectivity index (χ1n) is 12.3. The number of nitrogens with zero attached hydrogens (tertiary/aromatic N) is 2. The number of aliphatic hydroxyl groups is 1. The van der Waals surface area contributed by atoms with Crippen molar-refractivity contribution in [3.05, 3.63) is 59.1 Å². The third-order valence-electron chi connectivity index (χ3n) is 7.14. The number of H-pyrrole nitrogens is 1. The number of rotatable bonds is 7. The van der Waals surface area contributed by atoms with E-state index in [-0.39, 0.29) is 24.3 Å². The van der Waals surface area contributed by atoms with E-state index in [1.165, 1.54) is 0 Å². The summed E-state index contributed by atoms with van der Waals surface area (Å²) in [5.74, 6) is -0.0457. The molecule has 2 unspecified atom stereocenters. The van der Waals surface area contributed by atoms with Crippen LogP contribution in [-0.2, 0) is 15.2 Å². The van der Waals surface area contributed by atoms with Gasteiger partial charge in [0.2, 0.25) is 17.8 Å². The summed E-state index contributed by atoms with van der Waals surface area (Å²) >= 11 is 6.03. The summed E-state index contributed by atoms with van der Waals surface area (Å²) in [5, 5.41) is 18.1. The molecule has 192 valence electrons. The molecule has 3 aromatic rings. The minimum atomic E-state index is -1.10. The number of hydrogen-bond acceptors (Lipinski definition) is 5. The van der Waals surface area contributed by atoms with E-state index in [1.807, 2.05) is 64.1 Å². The van der Waals surface area contributed by atoms with Crippen molar-refractivity contribution in [3.63, 3.8) is 0 Å². The summed E-state index contributed by atoms with van der Waals surface area (Å²) in [6.07, 6.45) is 0.389. The van der Waals surface area contributed by atoms with E-state index in [1.54, 1.807) is 17.0 Å². The number of anilines is 1. The fourth-order valence-electron chi connectivity index (χ4n) is 4.91. The van der Waals surface area contributed by atoms with Crippen molar-refractivity contribution in [1.82, 2.24) is 20.2 Å². The minimum Gasteiger partial charge on any atom is -0.384 e. The predicted molar refractivity (Wildman–Crippen MR) is 142 cm³/mol. The van der Waals surface area contributed by atoms with Crippen LogP contribution in [0.1, 0.15) is 39.7 Å². The molecule has 9 heteroatoms. The minimum absolute atomic E-state index is 0.0157. The third-order valence-corrected chi connectivity index (χ3v) is 7.39. The summed E-state index contributed by atoms with van der Waals surface area (Å²) in [6, 6.07) is 14.2. The highest BCUT2D eigenvalue weighted by atomic mass is 35.5. The molecular formula is C27H34ClN5O3. The van der Waals surface area contributed by atoms with Crippen LogP contribution in [0, 0.1) is 11.3 Å². The number of carbonyl (C=O) groups is 2. The fourth-order valence-corrected chi connectivity index (χ4v) is 5.03. The van der Waals surface area contributed by atoms with Crippen LogP contribution in [0.15, 0.2) is 48.5 Å². The van der Waals surface area contributed by atoms with Gasteiger partial charge in [-0.3, -0.25) is 9.59 Å². The Morgan fingerprint density at radius 2 is 1.86 bits per heavy atom. The number of amides is 2. The molecule has 4 rings (SSSR count). The van der Waals surface area contributed by atoms with Crippen molar-refractivity contribution in [1.29, 1.82) is 0 Å². The number of aromatic nitrogens is 2. The Kier molecular flexibility index (Phi) is 7.29. The van der Waals surface area contributed by atoms with Gasteiger partial charge in [-0.1, -0.05) is 63.6 Å².